The minimum Gasteiger partial charge on any atom is -0.487 e. The molecule has 1 aromatic heterocycles. The van der Waals surface area contributed by atoms with Crippen LogP contribution in [0.25, 0.3) is 0 Å². The van der Waals surface area contributed by atoms with Crippen LogP contribution in [0.1, 0.15) is 50.6 Å². The highest BCUT2D eigenvalue weighted by Gasteiger charge is 2.18. The van der Waals surface area contributed by atoms with Crippen LogP contribution in [0, 0.1) is 5.82 Å². The van der Waals surface area contributed by atoms with Gasteiger partial charge in [0, 0.05) is 37.8 Å². The van der Waals surface area contributed by atoms with Gasteiger partial charge in [0.15, 0.2) is 11.6 Å². The number of nitrogens with one attached hydrogen (secondary N) is 2. The number of aromatic amines is 1. The zero-order valence-corrected chi connectivity index (χ0v) is 18.5. The molecular weight excluding hydrogens is 417 g/mol. The summed E-state index contributed by atoms with van der Waals surface area (Å²) in [6.07, 6.45) is 5.80. The summed E-state index contributed by atoms with van der Waals surface area (Å²) in [6, 6.07) is 6.41. The van der Waals surface area contributed by atoms with Gasteiger partial charge in [-0.1, -0.05) is 6.07 Å². The number of halogens is 1. The lowest BCUT2D eigenvalue weighted by atomic mass is 10.1. The summed E-state index contributed by atoms with van der Waals surface area (Å²) in [5.41, 5.74) is 0.0950. The summed E-state index contributed by atoms with van der Waals surface area (Å²) < 4.78 is 32.2. The molecule has 0 aliphatic carbocycles. The number of nitrogens with zero attached hydrogens (tertiary/aromatic N) is 1. The monoisotopic (exact) mass is 449 g/mol. The van der Waals surface area contributed by atoms with Crippen molar-refractivity contribution in [3.05, 3.63) is 62.7 Å². The van der Waals surface area contributed by atoms with Crippen LogP contribution >= 0.6 is 0 Å². The van der Waals surface area contributed by atoms with Crippen LogP contribution in [0.5, 0.6) is 5.75 Å². The number of H-pyrrole nitrogens is 1. The molecule has 1 aromatic carbocycles. The lowest BCUT2D eigenvalue weighted by Crippen LogP contribution is -2.29. The Labute approximate surface area is 186 Å². The average Bonchev–Trinajstić information content (AvgIpc) is 2.79. The van der Waals surface area contributed by atoms with E-state index in [4.69, 9.17) is 14.2 Å². The van der Waals surface area contributed by atoms with Crippen molar-refractivity contribution < 1.29 is 18.6 Å². The molecular formula is C23H32FN3O5. The third-order valence-electron chi connectivity index (χ3n) is 5.46. The van der Waals surface area contributed by atoms with Crippen molar-refractivity contribution in [1.29, 1.82) is 0 Å². The van der Waals surface area contributed by atoms with Gasteiger partial charge in [-0.15, -0.1) is 0 Å². The van der Waals surface area contributed by atoms with E-state index in [0.29, 0.717) is 25.6 Å². The molecule has 32 heavy (non-hydrogen) atoms. The highest BCUT2D eigenvalue weighted by Crippen LogP contribution is 2.25. The topological polar surface area (TPSA) is 94.6 Å². The van der Waals surface area contributed by atoms with E-state index in [1.165, 1.54) is 22.9 Å². The first-order valence-corrected chi connectivity index (χ1v) is 11.2. The number of aromatic nitrogens is 2. The van der Waals surface area contributed by atoms with Gasteiger partial charge in [-0.3, -0.25) is 14.3 Å². The Bertz CT molecular complexity index is 955. The zero-order chi connectivity index (χ0) is 22.8. The first kappa shape index (κ1) is 24.2. The molecule has 0 unspecified atom stereocenters. The molecule has 0 radical (unpaired) electrons. The lowest BCUT2D eigenvalue weighted by Gasteiger charge is -2.24. The van der Waals surface area contributed by atoms with Gasteiger partial charge >= 0.3 is 5.69 Å². The lowest BCUT2D eigenvalue weighted by molar-refractivity contribution is 0.0240. The Kier molecular flexibility index (Phi) is 9.45. The van der Waals surface area contributed by atoms with E-state index < -0.39 is 11.2 Å². The van der Waals surface area contributed by atoms with Crippen LogP contribution in [-0.4, -0.2) is 42.0 Å². The molecule has 2 aromatic rings. The molecule has 1 saturated heterocycles. The predicted molar refractivity (Wildman–Crippen MR) is 118 cm³/mol. The molecule has 0 bridgehead atoms. The Morgan fingerprint density at radius 3 is 2.81 bits per heavy atom. The molecule has 9 heteroatoms. The fourth-order valence-corrected chi connectivity index (χ4v) is 3.50. The first-order valence-electron chi connectivity index (χ1n) is 11.2. The van der Waals surface area contributed by atoms with Gasteiger partial charge in [0.1, 0.15) is 12.8 Å². The smallest absolute Gasteiger partial charge is 0.330 e. The van der Waals surface area contributed by atoms with Gasteiger partial charge in [0.05, 0.1) is 13.2 Å². The van der Waals surface area contributed by atoms with Crippen LogP contribution in [-0.2, 0) is 16.2 Å². The van der Waals surface area contributed by atoms with E-state index in [1.54, 1.807) is 12.1 Å². The van der Waals surface area contributed by atoms with E-state index in [2.05, 4.69) is 17.2 Å². The summed E-state index contributed by atoms with van der Waals surface area (Å²) in [5, 5.41) is 3.46. The molecule has 1 fully saturated rings. The molecule has 0 amide bonds. The summed E-state index contributed by atoms with van der Waals surface area (Å²) in [5.74, 6) is -0.0293. The Hall–Kier alpha value is -2.49. The fourth-order valence-electron chi connectivity index (χ4n) is 3.50. The predicted octanol–water partition coefficient (Wildman–Crippen LogP) is 2.73. The number of benzene rings is 1. The molecule has 1 aliphatic rings. The summed E-state index contributed by atoms with van der Waals surface area (Å²) in [4.78, 5) is 24.8. The molecule has 2 heterocycles. The molecule has 1 atom stereocenters. The van der Waals surface area contributed by atoms with E-state index in [0.717, 1.165) is 44.2 Å². The molecule has 2 N–H and O–H groups in total. The minimum absolute atomic E-state index is 0.00166. The van der Waals surface area contributed by atoms with Gasteiger partial charge in [0.2, 0.25) is 0 Å². The van der Waals surface area contributed by atoms with Crippen LogP contribution in [0.4, 0.5) is 4.39 Å². The van der Waals surface area contributed by atoms with E-state index in [1.807, 2.05) is 0 Å². The van der Waals surface area contributed by atoms with Gasteiger partial charge < -0.3 is 19.5 Å². The van der Waals surface area contributed by atoms with E-state index in [9.17, 15) is 14.0 Å². The van der Waals surface area contributed by atoms with Crippen molar-refractivity contribution in [3.8, 4) is 5.75 Å². The van der Waals surface area contributed by atoms with Crippen molar-refractivity contribution >= 4 is 0 Å². The summed E-state index contributed by atoms with van der Waals surface area (Å²) in [7, 11) is 0. The molecule has 0 saturated carbocycles. The highest BCUT2D eigenvalue weighted by atomic mass is 19.1. The van der Waals surface area contributed by atoms with Crippen LogP contribution in [0.3, 0.4) is 0 Å². The minimum atomic E-state index is -0.474. The second kappa shape index (κ2) is 12.5. The van der Waals surface area contributed by atoms with Gasteiger partial charge in [-0.25, -0.2) is 9.18 Å². The Morgan fingerprint density at radius 1 is 1.22 bits per heavy atom. The average molecular weight is 450 g/mol. The van der Waals surface area contributed by atoms with Crippen molar-refractivity contribution in [2.75, 3.05) is 26.4 Å². The second-order valence-corrected chi connectivity index (χ2v) is 7.97. The number of rotatable bonds is 12. The first-order chi connectivity index (χ1) is 15.5. The van der Waals surface area contributed by atoms with Crippen molar-refractivity contribution in [2.45, 2.75) is 57.9 Å². The molecule has 3 rings (SSSR count). The number of hydrogen-bond donors (Lipinski definition) is 2. The van der Waals surface area contributed by atoms with E-state index >= 15 is 0 Å². The molecule has 176 valence electrons. The van der Waals surface area contributed by atoms with Gasteiger partial charge in [-0.05, 0) is 50.4 Å². The maximum atomic E-state index is 14.2. The fraction of sp³-hybridized carbons (Fsp3) is 0.565. The Morgan fingerprint density at radius 2 is 2.03 bits per heavy atom. The maximum absolute atomic E-state index is 14.2. The SMILES string of the molecule is C[C@@H](NCCCCCOCn1ccc(=O)[nH]c1=O)c1ccc(F)c(OC2CCOCC2)c1. The van der Waals surface area contributed by atoms with Crippen LogP contribution in [0.2, 0.25) is 0 Å². The third-order valence-corrected chi connectivity index (χ3v) is 5.46. The number of unbranched alkanes of at least 4 members (excludes halogenated alkanes) is 2. The van der Waals surface area contributed by atoms with Crippen molar-refractivity contribution in [3.63, 3.8) is 0 Å². The number of hydrogen-bond acceptors (Lipinski definition) is 6. The third kappa shape index (κ3) is 7.58. The maximum Gasteiger partial charge on any atom is 0.330 e. The molecule has 0 spiro atoms. The molecule has 8 nitrogen and oxygen atoms in total. The Balaban J connectivity index is 1.32. The van der Waals surface area contributed by atoms with Crippen molar-refractivity contribution in [1.82, 2.24) is 14.9 Å². The normalized spacial score (nSPS) is 15.6. The zero-order valence-electron chi connectivity index (χ0n) is 18.5. The standard InChI is InChI=1S/C23H32FN3O5/c1-17(18-5-6-20(24)21(15-18)32-19-8-13-30-14-9-19)25-10-3-2-4-12-31-16-27-11-7-22(28)26-23(27)29/h5-7,11,15,17,19,25H,2-4,8-10,12-14,16H2,1H3,(H,26,28,29)/t17-/m1/s1. The van der Waals surface area contributed by atoms with Crippen molar-refractivity contribution in [2.24, 2.45) is 0 Å². The van der Waals surface area contributed by atoms with Gasteiger partial charge in [0.25, 0.3) is 5.56 Å². The summed E-state index contributed by atoms with van der Waals surface area (Å²) >= 11 is 0. The summed E-state index contributed by atoms with van der Waals surface area (Å²) in [6.45, 7) is 4.84. The highest BCUT2D eigenvalue weighted by molar-refractivity contribution is 5.32. The second-order valence-electron chi connectivity index (χ2n) is 7.97. The van der Waals surface area contributed by atoms with Gasteiger partial charge in [-0.2, -0.15) is 0 Å². The quantitative estimate of drug-likeness (QED) is 0.484. The van der Waals surface area contributed by atoms with E-state index in [-0.39, 0.29) is 24.7 Å². The largest absolute Gasteiger partial charge is 0.487 e. The molecule has 1 aliphatic heterocycles. The van der Waals surface area contributed by atoms with Crippen LogP contribution < -0.4 is 21.3 Å². The number of ether oxygens (including phenoxy) is 3. The van der Waals surface area contributed by atoms with Crippen LogP contribution in [0.15, 0.2) is 40.1 Å².